The van der Waals surface area contributed by atoms with Crippen LogP contribution in [0.1, 0.15) is 12.0 Å². The summed E-state index contributed by atoms with van der Waals surface area (Å²) in [5.74, 6) is 0.201. The van der Waals surface area contributed by atoms with Crippen molar-refractivity contribution in [3.05, 3.63) is 47.3 Å². The third-order valence-electron chi connectivity index (χ3n) is 2.68. The van der Waals surface area contributed by atoms with E-state index in [9.17, 15) is 9.00 Å². The Morgan fingerprint density at radius 2 is 2.15 bits per heavy atom. The van der Waals surface area contributed by atoms with Gasteiger partial charge in [0.05, 0.1) is 15.0 Å². The Morgan fingerprint density at radius 1 is 1.30 bits per heavy atom. The predicted octanol–water partition coefficient (Wildman–Crippen LogP) is 2.34. The van der Waals surface area contributed by atoms with E-state index in [1.165, 1.54) is 11.3 Å². The number of thiophene rings is 1. The summed E-state index contributed by atoms with van der Waals surface area (Å²) in [6.07, 6.45) is 0.233. The van der Waals surface area contributed by atoms with Gasteiger partial charge in [0, 0.05) is 24.4 Å². The first-order valence-electron chi connectivity index (χ1n) is 6.20. The number of benzene rings is 1. The van der Waals surface area contributed by atoms with Gasteiger partial charge in [0.2, 0.25) is 5.91 Å². The average Bonchev–Trinajstić information content (AvgIpc) is 2.99. The van der Waals surface area contributed by atoms with E-state index in [-0.39, 0.29) is 12.3 Å². The lowest BCUT2D eigenvalue weighted by Crippen LogP contribution is -2.15. The third kappa shape index (κ3) is 4.26. The van der Waals surface area contributed by atoms with Crippen LogP contribution in [0.4, 0.5) is 5.69 Å². The second kappa shape index (κ2) is 7.33. The Morgan fingerprint density at radius 3 is 2.85 bits per heavy atom. The molecule has 0 saturated carbocycles. The van der Waals surface area contributed by atoms with Crippen LogP contribution < -0.4 is 11.1 Å². The first kappa shape index (κ1) is 14.9. The fraction of sp³-hybridized carbons (Fsp3) is 0.214. The van der Waals surface area contributed by atoms with E-state index in [1.54, 1.807) is 0 Å². The molecule has 106 valence electrons. The topological polar surface area (TPSA) is 72.2 Å². The molecule has 6 heteroatoms. The van der Waals surface area contributed by atoms with Crippen molar-refractivity contribution in [1.29, 1.82) is 0 Å². The fourth-order valence-electron chi connectivity index (χ4n) is 1.68. The van der Waals surface area contributed by atoms with Crippen molar-refractivity contribution < 1.29 is 9.00 Å². The molecule has 0 saturated heterocycles. The molecule has 1 aromatic heterocycles. The fourth-order valence-corrected chi connectivity index (χ4v) is 3.78. The van der Waals surface area contributed by atoms with E-state index in [0.717, 1.165) is 15.5 Å². The summed E-state index contributed by atoms with van der Waals surface area (Å²) in [5, 5.41) is 4.67. The van der Waals surface area contributed by atoms with Crippen LogP contribution in [-0.2, 0) is 22.1 Å². The van der Waals surface area contributed by atoms with Gasteiger partial charge in [0.15, 0.2) is 0 Å². The van der Waals surface area contributed by atoms with Crippen molar-refractivity contribution in [2.24, 2.45) is 5.73 Å². The smallest absolute Gasteiger partial charge is 0.225 e. The van der Waals surface area contributed by atoms with Gasteiger partial charge >= 0.3 is 0 Å². The summed E-state index contributed by atoms with van der Waals surface area (Å²) in [4.78, 5) is 11.8. The van der Waals surface area contributed by atoms with Gasteiger partial charge in [-0.2, -0.15) is 0 Å². The lowest BCUT2D eigenvalue weighted by molar-refractivity contribution is -0.115. The minimum Gasteiger partial charge on any atom is -0.326 e. The van der Waals surface area contributed by atoms with Crippen LogP contribution in [0.2, 0.25) is 0 Å². The number of rotatable bonds is 6. The highest BCUT2D eigenvalue weighted by atomic mass is 32.2. The Bertz CT molecular complexity index is 597. The molecule has 0 aliphatic heterocycles. The van der Waals surface area contributed by atoms with Crippen LogP contribution in [0, 0.1) is 0 Å². The van der Waals surface area contributed by atoms with E-state index in [2.05, 4.69) is 5.32 Å². The van der Waals surface area contributed by atoms with Gasteiger partial charge in [-0.05, 0) is 29.1 Å². The summed E-state index contributed by atoms with van der Waals surface area (Å²) in [5.41, 5.74) is 7.24. The second-order valence-corrected chi connectivity index (χ2v) is 6.93. The highest BCUT2D eigenvalue weighted by molar-refractivity contribution is 7.87. The second-order valence-electron chi connectivity index (χ2n) is 4.18. The summed E-state index contributed by atoms with van der Waals surface area (Å²) in [7, 11) is -1.10. The Hall–Kier alpha value is -1.50. The monoisotopic (exact) mass is 308 g/mol. The molecule has 1 amide bonds. The molecule has 2 aromatic rings. The van der Waals surface area contributed by atoms with Gasteiger partial charge < -0.3 is 11.1 Å². The number of hydrogen-bond acceptors (Lipinski definition) is 4. The summed E-state index contributed by atoms with van der Waals surface area (Å²) in [6.45, 7) is 0.437. The van der Waals surface area contributed by atoms with Gasteiger partial charge in [0.25, 0.3) is 0 Å². The summed E-state index contributed by atoms with van der Waals surface area (Å²) >= 11 is 1.45. The Kier molecular flexibility index (Phi) is 5.46. The van der Waals surface area contributed by atoms with Crippen molar-refractivity contribution >= 4 is 33.7 Å². The summed E-state index contributed by atoms with van der Waals surface area (Å²) in [6, 6.07) is 11.1. The predicted molar refractivity (Wildman–Crippen MR) is 83.2 cm³/mol. The largest absolute Gasteiger partial charge is 0.326 e. The lowest BCUT2D eigenvalue weighted by atomic mass is 10.2. The number of carbonyl (C=O) groups is 1. The van der Waals surface area contributed by atoms with Crippen LogP contribution in [0.15, 0.2) is 46.0 Å². The van der Waals surface area contributed by atoms with Crippen molar-refractivity contribution in [3.63, 3.8) is 0 Å². The zero-order valence-electron chi connectivity index (χ0n) is 10.9. The molecule has 4 nitrogen and oxygen atoms in total. The molecular formula is C14H16N2O2S2. The lowest BCUT2D eigenvalue weighted by Gasteiger charge is -2.06. The van der Waals surface area contributed by atoms with Crippen LogP contribution in [0.25, 0.3) is 0 Å². The van der Waals surface area contributed by atoms with Crippen LogP contribution in [-0.4, -0.2) is 15.9 Å². The average molecular weight is 308 g/mol. The normalized spacial score (nSPS) is 12.1. The molecular weight excluding hydrogens is 292 g/mol. The molecule has 0 aliphatic carbocycles. The molecule has 0 spiro atoms. The maximum absolute atomic E-state index is 11.9. The number of carbonyl (C=O) groups excluding carboxylic acids is 1. The molecule has 0 radical (unpaired) electrons. The van der Waals surface area contributed by atoms with Crippen molar-refractivity contribution in [1.82, 2.24) is 0 Å². The number of amides is 1. The minimum absolute atomic E-state index is 0.135. The van der Waals surface area contributed by atoms with Crippen molar-refractivity contribution in [2.75, 3.05) is 11.1 Å². The zero-order chi connectivity index (χ0) is 14.4. The number of nitrogens with one attached hydrogen (secondary N) is 1. The maximum atomic E-state index is 11.9. The molecule has 0 aliphatic rings. The molecule has 1 aromatic carbocycles. The maximum Gasteiger partial charge on any atom is 0.225 e. The minimum atomic E-state index is -1.10. The first-order chi connectivity index (χ1) is 9.69. The van der Waals surface area contributed by atoms with Crippen molar-refractivity contribution in [3.8, 4) is 0 Å². The third-order valence-corrected chi connectivity index (χ3v) is 5.35. The Balaban J connectivity index is 1.85. The van der Waals surface area contributed by atoms with Gasteiger partial charge in [-0.3, -0.25) is 9.00 Å². The molecule has 0 fully saturated rings. The number of anilines is 1. The van der Waals surface area contributed by atoms with E-state index in [4.69, 9.17) is 5.73 Å². The highest BCUT2D eigenvalue weighted by Gasteiger charge is 2.09. The van der Waals surface area contributed by atoms with Crippen LogP contribution in [0.3, 0.4) is 0 Å². The van der Waals surface area contributed by atoms with Crippen LogP contribution in [0.5, 0.6) is 0 Å². The number of hydrogen-bond donors (Lipinski definition) is 2. The Labute approximate surface area is 124 Å². The molecule has 3 N–H and O–H groups in total. The van der Waals surface area contributed by atoms with Gasteiger partial charge in [-0.25, -0.2) is 0 Å². The first-order valence-corrected chi connectivity index (χ1v) is 8.39. The molecule has 20 heavy (non-hydrogen) atoms. The quantitative estimate of drug-likeness (QED) is 0.860. The number of nitrogens with two attached hydrogens (primary N) is 1. The summed E-state index contributed by atoms with van der Waals surface area (Å²) < 4.78 is 12.7. The van der Waals surface area contributed by atoms with Crippen molar-refractivity contribution in [2.45, 2.75) is 17.2 Å². The molecule has 1 atom stereocenters. The standard InChI is InChI=1S/C14H16N2O2S2/c15-10-11-3-1-4-12(9-11)16-13(17)6-8-20(18)14-5-2-7-19-14/h1-5,7,9H,6,8,10,15H2,(H,16,17). The molecule has 1 heterocycles. The highest BCUT2D eigenvalue weighted by Crippen LogP contribution is 2.15. The zero-order valence-corrected chi connectivity index (χ0v) is 12.5. The molecule has 0 bridgehead atoms. The van der Waals surface area contributed by atoms with Gasteiger partial charge in [-0.15, -0.1) is 11.3 Å². The molecule has 1 unspecified atom stereocenters. The van der Waals surface area contributed by atoms with E-state index >= 15 is 0 Å². The van der Waals surface area contributed by atoms with Gasteiger partial charge in [-0.1, -0.05) is 18.2 Å². The van der Waals surface area contributed by atoms with Gasteiger partial charge in [0.1, 0.15) is 0 Å². The SMILES string of the molecule is NCc1cccc(NC(=O)CCS(=O)c2cccs2)c1. The van der Waals surface area contributed by atoms with E-state index in [1.807, 2.05) is 41.8 Å². The van der Waals surface area contributed by atoms with E-state index in [0.29, 0.717) is 12.3 Å². The molecule has 2 rings (SSSR count). The van der Waals surface area contributed by atoms with E-state index < -0.39 is 10.8 Å². The van der Waals surface area contributed by atoms with Crippen LogP contribution >= 0.6 is 11.3 Å².